The van der Waals surface area contributed by atoms with Gasteiger partial charge in [0, 0.05) is 30.4 Å². The number of hydrogen-bond acceptors (Lipinski definition) is 4. The summed E-state index contributed by atoms with van der Waals surface area (Å²) in [7, 11) is 1.58. The largest absolute Gasteiger partial charge is 0.497 e. The molecule has 0 aliphatic rings. The quantitative estimate of drug-likeness (QED) is 0.382. The minimum atomic E-state index is -0.317. The number of benzene rings is 2. The highest BCUT2D eigenvalue weighted by Crippen LogP contribution is 2.25. The summed E-state index contributed by atoms with van der Waals surface area (Å²) in [6, 6.07) is 11.5. The molecule has 0 saturated heterocycles. The number of rotatable bonds is 7. The van der Waals surface area contributed by atoms with Crippen molar-refractivity contribution in [1.29, 1.82) is 0 Å². The topological polar surface area (TPSA) is 91.9 Å². The van der Waals surface area contributed by atoms with Gasteiger partial charge in [-0.3, -0.25) is 14.2 Å². The van der Waals surface area contributed by atoms with E-state index in [1.165, 1.54) is 16.7 Å². The van der Waals surface area contributed by atoms with E-state index in [0.29, 0.717) is 41.1 Å². The zero-order valence-electron chi connectivity index (χ0n) is 16.8. The summed E-state index contributed by atoms with van der Waals surface area (Å²) in [5.41, 5.74) is 2.45. The van der Waals surface area contributed by atoms with Gasteiger partial charge in [0.2, 0.25) is 5.91 Å². The number of H-pyrrole nitrogens is 2. The minimum Gasteiger partial charge on any atom is -0.497 e. The Morgan fingerprint density at radius 3 is 2.68 bits per heavy atom. The molecule has 2 aromatic carbocycles. The van der Waals surface area contributed by atoms with E-state index < -0.39 is 0 Å². The number of carbonyl (C=O) groups is 1. The molecule has 31 heavy (non-hydrogen) atoms. The molecular weight excluding hydrogens is 419 g/mol. The number of fused-ring (bicyclic) bond motifs is 3. The van der Waals surface area contributed by atoms with Crippen molar-refractivity contribution in [2.75, 3.05) is 7.11 Å². The summed E-state index contributed by atoms with van der Waals surface area (Å²) in [5, 5.41) is 3.62. The van der Waals surface area contributed by atoms with Crippen LogP contribution >= 0.6 is 12.2 Å². The minimum absolute atomic E-state index is 0.147. The van der Waals surface area contributed by atoms with E-state index in [4.69, 9.17) is 17.0 Å². The molecule has 3 N–H and O–H groups in total. The molecule has 0 atom stereocenters. The van der Waals surface area contributed by atoms with Gasteiger partial charge in [0.1, 0.15) is 17.1 Å². The smallest absolute Gasteiger partial charge is 0.278 e. The molecular formula is C22H21FN4O3S. The van der Waals surface area contributed by atoms with Crippen LogP contribution in [0.4, 0.5) is 4.39 Å². The zero-order chi connectivity index (χ0) is 22.0. The SMILES string of the molecule is COc1ccc2[nH]c3c(=O)n(CCCC(=O)NCc4ccc(F)cc4)c(=S)[nH]c3c2c1. The van der Waals surface area contributed by atoms with Crippen LogP contribution in [0.2, 0.25) is 0 Å². The second-order valence-corrected chi connectivity index (χ2v) is 7.57. The van der Waals surface area contributed by atoms with Crippen molar-refractivity contribution >= 4 is 40.1 Å². The lowest BCUT2D eigenvalue weighted by Crippen LogP contribution is -2.25. The fraction of sp³-hybridized carbons (Fsp3) is 0.227. The molecule has 2 aromatic heterocycles. The van der Waals surface area contributed by atoms with E-state index in [2.05, 4.69) is 15.3 Å². The average molecular weight is 441 g/mol. The first kappa shape index (κ1) is 20.8. The lowest BCUT2D eigenvalue weighted by molar-refractivity contribution is -0.121. The van der Waals surface area contributed by atoms with Gasteiger partial charge in [-0.15, -0.1) is 0 Å². The molecule has 160 valence electrons. The van der Waals surface area contributed by atoms with Gasteiger partial charge >= 0.3 is 0 Å². The van der Waals surface area contributed by atoms with Crippen LogP contribution in [0.15, 0.2) is 47.3 Å². The van der Waals surface area contributed by atoms with Crippen LogP contribution in [0.3, 0.4) is 0 Å². The van der Waals surface area contributed by atoms with Crippen molar-refractivity contribution in [1.82, 2.24) is 19.9 Å². The third-order valence-electron chi connectivity index (χ3n) is 5.13. The summed E-state index contributed by atoms with van der Waals surface area (Å²) in [5.74, 6) is 0.220. The summed E-state index contributed by atoms with van der Waals surface area (Å²) >= 11 is 5.39. The van der Waals surface area contributed by atoms with E-state index in [1.54, 1.807) is 19.2 Å². The molecule has 7 nitrogen and oxygen atoms in total. The van der Waals surface area contributed by atoms with Gasteiger partial charge in [0.05, 0.1) is 12.6 Å². The fourth-order valence-corrected chi connectivity index (χ4v) is 3.76. The maximum atomic E-state index is 13.0. The molecule has 0 fully saturated rings. The van der Waals surface area contributed by atoms with E-state index in [9.17, 15) is 14.0 Å². The van der Waals surface area contributed by atoms with E-state index >= 15 is 0 Å². The third kappa shape index (κ3) is 4.36. The Labute approximate surface area is 181 Å². The number of aromatic amines is 2. The number of carbonyl (C=O) groups excluding carboxylic acids is 1. The number of methoxy groups -OCH3 is 1. The van der Waals surface area contributed by atoms with Crippen LogP contribution < -0.4 is 15.6 Å². The number of nitrogens with one attached hydrogen (secondary N) is 3. The van der Waals surface area contributed by atoms with Crippen molar-refractivity contribution in [2.24, 2.45) is 0 Å². The van der Waals surface area contributed by atoms with E-state index in [0.717, 1.165) is 16.5 Å². The molecule has 1 amide bonds. The van der Waals surface area contributed by atoms with E-state index in [-0.39, 0.29) is 23.7 Å². The van der Waals surface area contributed by atoms with Crippen LogP contribution in [0.5, 0.6) is 5.75 Å². The molecule has 0 bridgehead atoms. The number of ether oxygens (including phenoxy) is 1. The molecule has 4 rings (SSSR count). The summed E-state index contributed by atoms with van der Waals surface area (Å²) in [4.78, 5) is 31.3. The fourth-order valence-electron chi connectivity index (χ4n) is 3.48. The zero-order valence-corrected chi connectivity index (χ0v) is 17.6. The second-order valence-electron chi connectivity index (χ2n) is 7.18. The lowest BCUT2D eigenvalue weighted by atomic mass is 10.2. The Morgan fingerprint density at radius 2 is 1.94 bits per heavy atom. The predicted molar refractivity (Wildman–Crippen MR) is 119 cm³/mol. The molecule has 4 aromatic rings. The highest BCUT2D eigenvalue weighted by Gasteiger charge is 2.13. The molecule has 0 aliphatic carbocycles. The van der Waals surface area contributed by atoms with Crippen molar-refractivity contribution < 1.29 is 13.9 Å². The molecule has 2 heterocycles. The van der Waals surface area contributed by atoms with Crippen molar-refractivity contribution in [3.05, 3.63) is 69.0 Å². The first-order chi connectivity index (χ1) is 15.0. The Morgan fingerprint density at radius 1 is 1.16 bits per heavy atom. The van der Waals surface area contributed by atoms with Gasteiger partial charge in [0.15, 0.2) is 4.77 Å². The van der Waals surface area contributed by atoms with Gasteiger partial charge in [-0.05, 0) is 54.5 Å². The maximum absolute atomic E-state index is 13.0. The average Bonchev–Trinajstić information content (AvgIpc) is 3.13. The molecule has 0 radical (unpaired) electrons. The Hall–Kier alpha value is -3.46. The van der Waals surface area contributed by atoms with Gasteiger partial charge < -0.3 is 20.0 Å². The second kappa shape index (κ2) is 8.73. The third-order valence-corrected chi connectivity index (χ3v) is 5.45. The molecule has 9 heteroatoms. The summed E-state index contributed by atoms with van der Waals surface area (Å²) in [6.45, 7) is 0.635. The molecule has 0 unspecified atom stereocenters. The summed E-state index contributed by atoms with van der Waals surface area (Å²) < 4.78 is 20.0. The maximum Gasteiger partial charge on any atom is 0.278 e. The highest BCUT2D eigenvalue weighted by molar-refractivity contribution is 7.71. The summed E-state index contributed by atoms with van der Waals surface area (Å²) in [6.07, 6.45) is 0.691. The first-order valence-electron chi connectivity index (χ1n) is 9.80. The van der Waals surface area contributed by atoms with Crippen LogP contribution in [0.25, 0.3) is 21.9 Å². The number of hydrogen-bond donors (Lipinski definition) is 3. The number of halogens is 1. The van der Waals surface area contributed by atoms with Gasteiger partial charge in [-0.25, -0.2) is 4.39 Å². The Balaban J connectivity index is 1.45. The van der Waals surface area contributed by atoms with Crippen molar-refractivity contribution in [3.8, 4) is 5.75 Å². The standard InChI is InChI=1S/C22H21FN4O3S/c1-30-15-8-9-17-16(11-15)19-20(25-17)21(29)27(22(31)26-19)10-2-3-18(28)24-12-13-4-6-14(23)7-5-13/h4-9,11,25H,2-3,10,12H2,1H3,(H,24,28)(H,26,31). The van der Waals surface area contributed by atoms with Crippen LogP contribution in [-0.2, 0) is 17.9 Å². The number of aromatic nitrogens is 3. The van der Waals surface area contributed by atoms with Crippen LogP contribution in [0, 0.1) is 10.6 Å². The van der Waals surface area contributed by atoms with Gasteiger partial charge in [-0.2, -0.15) is 0 Å². The first-order valence-corrected chi connectivity index (χ1v) is 10.2. The van der Waals surface area contributed by atoms with Crippen molar-refractivity contribution in [2.45, 2.75) is 25.9 Å². The highest BCUT2D eigenvalue weighted by atomic mass is 32.1. The van der Waals surface area contributed by atoms with Crippen LogP contribution in [0.1, 0.15) is 18.4 Å². The van der Waals surface area contributed by atoms with Gasteiger partial charge in [0.25, 0.3) is 5.56 Å². The predicted octanol–water partition coefficient (Wildman–Crippen LogP) is 3.78. The molecule has 0 aliphatic heterocycles. The van der Waals surface area contributed by atoms with Crippen LogP contribution in [-0.4, -0.2) is 27.6 Å². The normalized spacial score (nSPS) is 11.2. The molecule has 0 spiro atoms. The Bertz CT molecular complexity index is 1370. The number of nitrogens with zero attached hydrogens (tertiary/aromatic N) is 1. The van der Waals surface area contributed by atoms with Gasteiger partial charge in [-0.1, -0.05) is 12.1 Å². The van der Waals surface area contributed by atoms with Crippen molar-refractivity contribution in [3.63, 3.8) is 0 Å². The lowest BCUT2D eigenvalue weighted by Gasteiger charge is -2.08. The number of amides is 1. The van der Waals surface area contributed by atoms with E-state index in [1.807, 2.05) is 18.2 Å². The Kier molecular flexibility index (Phi) is 5.85. The monoisotopic (exact) mass is 440 g/mol. The molecule has 0 saturated carbocycles.